The van der Waals surface area contributed by atoms with Gasteiger partial charge in [-0.15, -0.1) is 0 Å². The van der Waals surface area contributed by atoms with E-state index in [9.17, 15) is 18.0 Å². The predicted octanol–water partition coefficient (Wildman–Crippen LogP) is 2.23. The Morgan fingerprint density at radius 2 is 1.88 bits per heavy atom. The lowest BCUT2D eigenvalue weighted by molar-refractivity contribution is -0.132. The highest BCUT2D eigenvalue weighted by Gasteiger charge is 2.33. The number of piperidine rings is 1. The van der Waals surface area contributed by atoms with Gasteiger partial charge in [0.1, 0.15) is 11.8 Å². The third-order valence-corrected chi connectivity index (χ3v) is 8.02. The smallest absolute Gasteiger partial charge is 0.243 e. The van der Waals surface area contributed by atoms with Crippen LogP contribution in [0.5, 0.6) is 0 Å². The van der Waals surface area contributed by atoms with E-state index in [4.69, 9.17) is 4.42 Å². The zero-order valence-electron chi connectivity index (χ0n) is 18.0. The van der Waals surface area contributed by atoms with Crippen LogP contribution < -0.4 is 10.6 Å². The number of benzene rings is 1. The van der Waals surface area contributed by atoms with Crippen molar-refractivity contribution in [2.75, 3.05) is 25.1 Å². The minimum atomic E-state index is -3.56. The number of hydrogen-bond acceptors (Lipinski definition) is 6. The van der Waals surface area contributed by atoms with E-state index in [1.807, 2.05) is 6.26 Å². The monoisotopic (exact) mass is 479 g/mol. The fraction of sp³-hybridized carbons (Fsp3) is 0.455. The Morgan fingerprint density at radius 1 is 1.16 bits per heavy atom. The fourth-order valence-corrected chi connectivity index (χ4v) is 5.57. The Labute approximate surface area is 193 Å². The molecule has 1 aliphatic rings. The van der Waals surface area contributed by atoms with Gasteiger partial charge in [-0.1, -0.05) is 18.2 Å². The maximum atomic E-state index is 12.9. The van der Waals surface area contributed by atoms with Crippen LogP contribution in [0.2, 0.25) is 0 Å². The number of furan rings is 1. The number of hydrogen-bond donors (Lipinski definition) is 2. The number of nitrogens with one attached hydrogen (secondary N) is 2. The molecule has 1 atom stereocenters. The molecule has 1 aliphatic heterocycles. The summed E-state index contributed by atoms with van der Waals surface area (Å²) in [6.45, 7) is 0.804. The molecule has 1 saturated heterocycles. The van der Waals surface area contributed by atoms with Gasteiger partial charge in [-0.3, -0.25) is 9.59 Å². The second kappa shape index (κ2) is 11.5. The van der Waals surface area contributed by atoms with Crippen LogP contribution in [0.3, 0.4) is 0 Å². The number of carbonyl (C=O) groups is 2. The minimum absolute atomic E-state index is 0.207. The molecule has 0 bridgehead atoms. The van der Waals surface area contributed by atoms with E-state index in [1.165, 1.54) is 4.31 Å². The zero-order chi connectivity index (χ0) is 23.0. The van der Waals surface area contributed by atoms with E-state index in [2.05, 4.69) is 10.6 Å². The van der Waals surface area contributed by atoms with E-state index in [1.54, 1.807) is 60.5 Å². The lowest BCUT2D eigenvalue weighted by Crippen LogP contribution is -2.50. The Kier molecular flexibility index (Phi) is 8.77. The van der Waals surface area contributed by atoms with E-state index < -0.39 is 16.1 Å². The van der Waals surface area contributed by atoms with E-state index in [-0.39, 0.29) is 42.3 Å². The van der Waals surface area contributed by atoms with Crippen molar-refractivity contribution in [2.45, 2.75) is 36.7 Å². The van der Waals surface area contributed by atoms with Gasteiger partial charge in [-0.25, -0.2) is 8.42 Å². The van der Waals surface area contributed by atoms with Crippen LogP contribution in [0, 0.1) is 5.92 Å². The van der Waals surface area contributed by atoms with Crippen molar-refractivity contribution < 1.29 is 22.4 Å². The molecule has 1 unspecified atom stereocenters. The van der Waals surface area contributed by atoms with Crippen molar-refractivity contribution in [3.63, 3.8) is 0 Å². The molecule has 32 heavy (non-hydrogen) atoms. The molecule has 8 nitrogen and oxygen atoms in total. The van der Waals surface area contributed by atoms with Crippen LogP contribution in [0.15, 0.2) is 58.0 Å². The molecule has 3 rings (SSSR count). The zero-order valence-corrected chi connectivity index (χ0v) is 19.7. The summed E-state index contributed by atoms with van der Waals surface area (Å²) in [5, 5.41) is 5.68. The van der Waals surface area contributed by atoms with Crippen LogP contribution in [-0.4, -0.2) is 55.7 Å². The van der Waals surface area contributed by atoms with Crippen LogP contribution >= 0.6 is 11.8 Å². The summed E-state index contributed by atoms with van der Waals surface area (Å²) in [5.41, 5.74) is 0. The standard InChI is InChI=1S/C22H29N3O5S2/c1-31-15-11-20(22(27)23-16-18-6-5-14-30-18)24-21(26)17-9-12-25(13-10-17)32(28,29)19-7-3-2-4-8-19/h2-8,14,17,20H,9-13,15-16H2,1H3,(H,23,27)(H,24,26). The molecule has 2 amide bonds. The second-order valence-corrected chi connectivity index (χ2v) is 10.6. The van der Waals surface area contributed by atoms with Crippen molar-refractivity contribution >= 4 is 33.6 Å². The number of thioether (sulfide) groups is 1. The Balaban J connectivity index is 1.54. The van der Waals surface area contributed by atoms with Crippen molar-refractivity contribution in [2.24, 2.45) is 5.92 Å². The summed E-state index contributed by atoms with van der Waals surface area (Å²) in [7, 11) is -3.56. The summed E-state index contributed by atoms with van der Waals surface area (Å²) >= 11 is 1.60. The van der Waals surface area contributed by atoms with Crippen molar-refractivity contribution in [1.82, 2.24) is 14.9 Å². The predicted molar refractivity (Wildman–Crippen MR) is 123 cm³/mol. The third-order valence-electron chi connectivity index (χ3n) is 5.47. The molecule has 2 N–H and O–H groups in total. The highest BCUT2D eigenvalue weighted by Crippen LogP contribution is 2.24. The first kappa shape index (κ1) is 24.3. The summed E-state index contributed by atoms with van der Waals surface area (Å²) in [6.07, 6.45) is 4.84. The van der Waals surface area contributed by atoms with E-state index in [0.717, 1.165) is 5.75 Å². The van der Waals surface area contributed by atoms with Gasteiger partial charge in [0.2, 0.25) is 21.8 Å². The summed E-state index contributed by atoms with van der Waals surface area (Å²) < 4.78 is 32.2. The van der Waals surface area contributed by atoms with Crippen molar-refractivity contribution in [3.05, 3.63) is 54.5 Å². The Bertz CT molecular complexity index is 972. The largest absolute Gasteiger partial charge is 0.467 e. The van der Waals surface area contributed by atoms with Gasteiger partial charge >= 0.3 is 0 Å². The lowest BCUT2D eigenvalue weighted by Gasteiger charge is -2.31. The lowest BCUT2D eigenvalue weighted by atomic mass is 9.96. The van der Waals surface area contributed by atoms with E-state index in [0.29, 0.717) is 25.0 Å². The maximum absolute atomic E-state index is 12.9. The normalized spacial score (nSPS) is 16.4. The van der Waals surface area contributed by atoms with Crippen LogP contribution in [0.4, 0.5) is 0 Å². The highest BCUT2D eigenvalue weighted by atomic mass is 32.2. The second-order valence-electron chi connectivity index (χ2n) is 7.63. The van der Waals surface area contributed by atoms with E-state index >= 15 is 0 Å². The van der Waals surface area contributed by atoms with Gasteiger partial charge in [0.25, 0.3) is 0 Å². The number of amides is 2. The fourth-order valence-electron chi connectivity index (χ4n) is 3.60. The van der Waals surface area contributed by atoms with Gasteiger partial charge in [0.15, 0.2) is 0 Å². The Hall–Kier alpha value is -2.30. The van der Waals surface area contributed by atoms with Crippen LogP contribution in [0.1, 0.15) is 25.0 Å². The van der Waals surface area contributed by atoms with Gasteiger partial charge in [0, 0.05) is 19.0 Å². The molecule has 1 aromatic heterocycles. The van der Waals surface area contributed by atoms with Gasteiger partial charge in [-0.2, -0.15) is 16.1 Å². The molecule has 2 aromatic rings. The molecular weight excluding hydrogens is 450 g/mol. The SMILES string of the molecule is CSCCC(NC(=O)C1CCN(S(=O)(=O)c2ccccc2)CC1)C(=O)NCc1ccco1. The quantitative estimate of drug-likeness (QED) is 0.541. The molecule has 1 aromatic carbocycles. The molecule has 1 fully saturated rings. The van der Waals surface area contributed by atoms with Crippen LogP contribution in [-0.2, 0) is 26.2 Å². The molecule has 10 heteroatoms. The van der Waals surface area contributed by atoms with Crippen molar-refractivity contribution in [3.8, 4) is 0 Å². The van der Waals surface area contributed by atoms with Gasteiger partial charge in [0.05, 0.1) is 17.7 Å². The first-order valence-electron chi connectivity index (χ1n) is 10.6. The first-order valence-corrected chi connectivity index (χ1v) is 13.4. The Morgan fingerprint density at radius 3 is 2.50 bits per heavy atom. The first-order chi connectivity index (χ1) is 15.4. The molecule has 174 valence electrons. The molecular formula is C22H29N3O5S2. The summed E-state index contributed by atoms with van der Waals surface area (Å²) in [5.74, 6) is 0.577. The van der Waals surface area contributed by atoms with Gasteiger partial charge < -0.3 is 15.1 Å². The third kappa shape index (κ3) is 6.36. The number of rotatable bonds is 10. The summed E-state index contributed by atoms with van der Waals surface area (Å²) in [6, 6.07) is 11.2. The summed E-state index contributed by atoms with van der Waals surface area (Å²) in [4.78, 5) is 25.7. The minimum Gasteiger partial charge on any atom is -0.467 e. The van der Waals surface area contributed by atoms with Crippen LogP contribution in [0.25, 0.3) is 0 Å². The molecule has 0 aliphatic carbocycles. The molecule has 0 radical (unpaired) electrons. The maximum Gasteiger partial charge on any atom is 0.243 e. The van der Waals surface area contributed by atoms with Gasteiger partial charge in [-0.05, 0) is 55.5 Å². The highest BCUT2D eigenvalue weighted by molar-refractivity contribution is 7.98. The van der Waals surface area contributed by atoms with Crippen molar-refractivity contribution in [1.29, 1.82) is 0 Å². The number of nitrogens with zero attached hydrogens (tertiary/aromatic N) is 1. The number of carbonyl (C=O) groups excluding carboxylic acids is 2. The average molecular weight is 480 g/mol. The molecule has 0 spiro atoms. The topological polar surface area (TPSA) is 109 Å². The molecule has 2 heterocycles. The number of sulfonamides is 1. The average Bonchev–Trinajstić information content (AvgIpc) is 3.34. The molecule has 0 saturated carbocycles.